The first-order chi connectivity index (χ1) is 9.13. The predicted molar refractivity (Wildman–Crippen MR) is 86.9 cm³/mol. The number of thioether (sulfide) groups is 1. The molecule has 0 amide bonds. The second kappa shape index (κ2) is 7.26. The Morgan fingerprint density at radius 2 is 2.05 bits per heavy atom. The lowest BCUT2D eigenvalue weighted by Gasteiger charge is -2.03. The molecular weight excluding hydrogens is 342 g/mol. The lowest BCUT2D eigenvalue weighted by molar-refractivity contribution is 0.688. The van der Waals surface area contributed by atoms with Crippen LogP contribution in [0.25, 0.3) is 0 Å². The van der Waals surface area contributed by atoms with E-state index in [0.717, 1.165) is 27.7 Å². The molecule has 1 aromatic carbocycles. The third kappa shape index (κ3) is 5.12. The monoisotopic (exact) mass is 357 g/mol. The van der Waals surface area contributed by atoms with Crippen LogP contribution < -0.4 is 5.32 Å². The number of nitrogens with zero attached hydrogens (tertiary/aromatic N) is 2. The molecule has 0 radical (unpaired) electrons. The Kier molecular flexibility index (Phi) is 5.66. The molecule has 0 spiro atoms. The SMILES string of the molecule is CC(C)CNc1nc(CSc2ccc(Br)cc2)ns1. The zero-order valence-electron chi connectivity index (χ0n) is 10.9. The Morgan fingerprint density at radius 3 is 2.74 bits per heavy atom. The Morgan fingerprint density at radius 1 is 1.32 bits per heavy atom. The zero-order chi connectivity index (χ0) is 13.7. The van der Waals surface area contributed by atoms with E-state index in [0.29, 0.717) is 5.92 Å². The van der Waals surface area contributed by atoms with Gasteiger partial charge in [-0.05, 0) is 30.2 Å². The molecule has 1 N–H and O–H groups in total. The van der Waals surface area contributed by atoms with Crippen molar-refractivity contribution in [2.75, 3.05) is 11.9 Å². The minimum Gasteiger partial charge on any atom is -0.360 e. The molecule has 2 aromatic rings. The highest BCUT2D eigenvalue weighted by Crippen LogP contribution is 2.24. The van der Waals surface area contributed by atoms with Crippen molar-refractivity contribution < 1.29 is 0 Å². The highest BCUT2D eigenvalue weighted by Gasteiger charge is 2.05. The van der Waals surface area contributed by atoms with E-state index >= 15 is 0 Å². The van der Waals surface area contributed by atoms with Gasteiger partial charge in [0.15, 0.2) is 5.82 Å². The topological polar surface area (TPSA) is 37.8 Å². The van der Waals surface area contributed by atoms with Gasteiger partial charge < -0.3 is 5.32 Å². The molecule has 6 heteroatoms. The Hall–Kier alpha value is -0.590. The number of benzene rings is 1. The summed E-state index contributed by atoms with van der Waals surface area (Å²) in [5, 5.41) is 4.22. The molecule has 0 atom stereocenters. The Bertz CT molecular complexity index is 511. The smallest absolute Gasteiger partial charge is 0.202 e. The Balaban J connectivity index is 1.84. The molecule has 0 unspecified atom stereocenters. The number of nitrogens with one attached hydrogen (secondary N) is 1. The summed E-state index contributed by atoms with van der Waals surface area (Å²) in [5.41, 5.74) is 0. The molecule has 0 fully saturated rings. The second-order valence-electron chi connectivity index (χ2n) is 4.53. The number of hydrogen-bond donors (Lipinski definition) is 1. The van der Waals surface area contributed by atoms with Gasteiger partial charge in [-0.3, -0.25) is 0 Å². The van der Waals surface area contributed by atoms with Crippen LogP contribution in [0.4, 0.5) is 5.13 Å². The minimum atomic E-state index is 0.615. The van der Waals surface area contributed by atoms with Gasteiger partial charge in [-0.1, -0.05) is 29.8 Å². The number of anilines is 1. The Labute approximate surface area is 130 Å². The average Bonchev–Trinajstić information content (AvgIpc) is 2.84. The molecule has 0 saturated carbocycles. The van der Waals surface area contributed by atoms with E-state index in [2.05, 4.69) is 56.6 Å². The van der Waals surface area contributed by atoms with Crippen molar-refractivity contribution in [2.45, 2.75) is 24.5 Å². The lowest BCUT2D eigenvalue weighted by Crippen LogP contribution is -2.07. The van der Waals surface area contributed by atoms with E-state index in [1.165, 1.54) is 16.4 Å². The molecule has 0 aliphatic heterocycles. The van der Waals surface area contributed by atoms with Crippen LogP contribution in [-0.4, -0.2) is 15.9 Å². The summed E-state index contributed by atoms with van der Waals surface area (Å²) >= 11 is 6.62. The van der Waals surface area contributed by atoms with Gasteiger partial charge in [-0.2, -0.15) is 4.37 Å². The van der Waals surface area contributed by atoms with Crippen LogP contribution in [0.1, 0.15) is 19.7 Å². The van der Waals surface area contributed by atoms with Gasteiger partial charge in [-0.25, -0.2) is 4.98 Å². The first kappa shape index (κ1) is 14.8. The van der Waals surface area contributed by atoms with Crippen molar-refractivity contribution in [3.05, 3.63) is 34.6 Å². The van der Waals surface area contributed by atoms with Crippen LogP contribution in [0.2, 0.25) is 0 Å². The normalized spacial score (nSPS) is 10.9. The van der Waals surface area contributed by atoms with E-state index in [1.807, 2.05) is 12.1 Å². The van der Waals surface area contributed by atoms with Crippen LogP contribution in [0.15, 0.2) is 33.6 Å². The van der Waals surface area contributed by atoms with E-state index in [4.69, 9.17) is 0 Å². The van der Waals surface area contributed by atoms with Crippen LogP contribution in [0.3, 0.4) is 0 Å². The lowest BCUT2D eigenvalue weighted by atomic mass is 10.2. The maximum absolute atomic E-state index is 4.48. The predicted octanol–water partition coefficient (Wildman–Crippen LogP) is 4.66. The van der Waals surface area contributed by atoms with Crippen molar-refractivity contribution in [2.24, 2.45) is 5.92 Å². The fourth-order valence-corrected chi connectivity index (χ4v) is 3.05. The summed E-state index contributed by atoms with van der Waals surface area (Å²) in [5.74, 6) is 2.32. The zero-order valence-corrected chi connectivity index (χ0v) is 14.1. The molecule has 1 heterocycles. The molecule has 0 aliphatic rings. The molecule has 1 aromatic heterocycles. The van der Waals surface area contributed by atoms with E-state index in [9.17, 15) is 0 Å². The summed E-state index contributed by atoms with van der Waals surface area (Å²) in [6.07, 6.45) is 0. The fourth-order valence-electron chi connectivity index (χ4n) is 1.35. The standard InChI is InChI=1S/C13H16BrN3S2/c1-9(2)7-15-13-16-12(17-19-13)8-18-11-5-3-10(14)4-6-11/h3-6,9H,7-8H2,1-2H3,(H,15,16,17). The summed E-state index contributed by atoms with van der Waals surface area (Å²) in [6.45, 7) is 5.30. The third-order valence-electron chi connectivity index (χ3n) is 2.31. The highest BCUT2D eigenvalue weighted by molar-refractivity contribution is 9.10. The molecule has 102 valence electrons. The quantitative estimate of drug-likeness (QED) is 0.762. The van der Waals surface area contributed by atoms with E-state index < -0.39 is 0 Å². The number of halogens is 1. The van der Waals surface area contributed by atoms with Crippen molar-refractivity contribution in [3.63, 3.8) is 0 Å². The van der Waals surface area contributed by atoms with Gasteiger partial charge >= 0.3 is 0 Å². The maximum Gasteiger partial charge on any atom is 0.202 e. The molecule has 0 saturated heterocycles. The van der Waals surface area contributed by atoms with Crippen LogP contribution in [-0.2, 0) is 5.75 Å². The fraction of sp³-hybridized carbons (Fsp3) is 0.385. The van der Waals surface area contributed by atoms with Gasteiger partial charge in [0.2, 0.25) is 5.13 Å². The number of aromatic nitrogens is 2. The molecular formula is C13H16BrN3S2. The summed E-state index contributed by atoms with van der Waals surface area (Å²) in [4.78, 5) is 5.71. The molecule has 2 rings (SSSR count). The number of rotatable bonds is 6. The second-order valence-corrected chi connectivity index (χ2v) is 7.25. The summed E-state index contributed by atoms with van der Waals surface area (Å²) < 4.78 is 5.47. The molecule has 19 heavy (non-hydrogen) atoms. The van der Waals surface area contributed by atoms with Gasteiger partial charge in [0, 0.05) is 27.4 Å². The average molecular weight is 358 g/mol. The van der Waals surface area contributed by atoms with Gasteiger partial charge in [0.05, 0.1) is 5.75 Å². The molecule has 3 nitrogen and oxygen atoms in total. The minimum absolute atomic E-state index is 0.615. The van der Waals surface area contributed by atoms with Gasteiger partial charge in [0.25, 0.3) is 0 Å². The van der Waals surface area contributed by atoms with E-state index in [-0.39, 0.29) is 0 Å². The maximum atomic E-state index is 4.48. The van der Waals surface area contributed by atoms with Crippen molar-refractivity contribution >= 4 is 44.4 Å². The van der Waals surface area contributed by atoms with Crippen molar-refractivity contribution in [1.82, 2.24) is 9.36 Å². The van der Waals surface area contributed by atoms with Gasteiger partial charge in [0.1, 0.15) is 0 Å². The third-order valence-corrected chi connectivity index (χ3v) is 4.56. The van der Waals surface area contributed by atoms with Crippen molar-refractivity contribution in [3.8, 4) is 0 Å². The first-order valence-electron chi connectivity index (χ1n) is 6.08. The van der Waals surface area contributed by atoms with Crippen LogP contribution in [0.5, 0.6) is 0 Å². The van der Waals surface area contributed by atoms with Gasteiger partial charge in [-0.15, -0.1) is 11.8 Å². The molecule has 0 bridgehead atoms. The van der Waals surface area contributed by atoms with E-state index in [1.54, 1.807) is 11.8 Å². The first-order valence-corrected chi connectivity index (χ1v) is 8.63. The van der Waals surface area contributed by atoms with Crippen LogP contribution >= 0.6 is 39.2 Å². The van der Waals surface area contributed by atoms with Crippen molar-refractivity contribution in [1.29, 1.82) is 0 Å². The number of hydrogen-bond acceptors (Lipinski definition) is 5. The summed E-state index contributed by atoms with van der Waals surface area (Å²) in [7, 11) is 0. The summed E-state index contributed by atoms with van der Waals surface area (Å²) in [6, 6.07) is 8.29. The van der Waals surface area contributed by atoms with Crippen LogP contribution in [0, 0.1) is 5.92 Å². The highest BCUT2D eigenvalue weighted by atomic mass is 79.9. The molecule has 0 aliphatic carbocycles. The largest absolute Gasteiger partial charge is 0.360 e.